The number of nitrogens with one attached hydrogen (secondary N) is 1. The van der Waals surface area contributed by atoms with Gasteiger partial charge in [0, 0.05) is 27.2 Å². The Balaban J connectivity index is 1.93. The number of rotatable bonds is 4. The van der Waals surface area contributed by atoms with Crippen molar-refractivity contribution in [3.63, 3.8) is 0 Å². The standard InChI is InChI=1S/C15H21NS2/c1-11(13-6-5-9-17-13)16-10-12-7-8-14(18-12)15(2,3)4/h5-9,11,16H,10H2,1-4H3/t11-/m0/s1. The lowest BCUT2D eigenvalue weighted by molar-refractivity contribution is 0.587. The summed E-state index contributed by atoms with van der Waals surface area (Å²) >= 11 is 3.74. The van der Waals surface area contributed by atoms with E-state index in [0.29, 0.717) is 6.04 Å². The molecule has 0 aliphatic carbocycles. The first-order valence-electron chi connectivity index (χ1n) is 6.33. The largest absolute Gasteiger partial charge is 0.305 e. The summed E-state index contributed by atoms with van der Waals surface area (Å²) in [6.45, 7) is 9.99. The molecule has 0 spiro atoms. The van der Waals surface area contributed by atoms with Gasteiger partial charge in [0.2, 0.25) is 0 Å². The van der Waals surface area contributed by atoms with E-state index in [1.54, 1.807) is 0 Å². The second-order valence-electron chi connectivity index (χ2n) is 5.63. The van der Waals surface area contributed by atoms with Crippen LogP contribution in [0.4, 0.5) is 0 Å². The van der Waals surface area contributed by atoms with Gasteiger partial charge in [0.05, 0.1) is 0 Å². The van der Waals surface area contributed by atoms with Crippen molar-refractivity contribution in [2.24, 2.45) is 0 Å². The highest BCUT2D eigenvalue weighted by atomic mass is 32.1. The molecule has 0 aromatic carbocycles. The molecule has 0 radical (unpaired) electrons. The van der Waals surface area contributed by atoms with Gasteiger partial charge in [-0.05, 0) is 35.9 Å². The second kappa shape index (κ2) is 5.55. The summed E-state index contributed by atoms with van der Waals surface area (Å²) < 4.78 is 0. The van der Waals surface area contributed by atoms with Crippen molar-refractivity contribution in [1.82, 2.24) is 5.32 Å². The minimum atomic E-state index is 0.266. The number of hydrogen-bond acceptors (Lipinski definition) is 3. The zero-order chi connectivity index (χ0) is 13.2. The van der Waals surface area contributed by atoms with Crippen LogP contribution in [0.5, 0.6) is 0 Å². The van der Waals surface area contributed by atoms with Crippen LogP contribution in [0.15, 0.2) is 29.6 Å². The number of hydrogen-bond donors (Lipinski definition) is 1. The molecule has 18 heavy (non-hydrogen) atoms. The Morgan fingerprint density at radius 1 is 1.22 bits per heavy atom. The van der Waals surface area contributed by atoms with Crippen LogP contribution < -0.4 is 5.32 Å². The summed E-state index contributed by atoms with van der Waals surface area (Å²) in [5.74, 6) is 0. The van der Waals surface area contributed by atoms with Gasteiger partial charge < -0.3 is 5.32 Å². The van der Waals surface area contributed by atoms with Gasteiger partial charge >= 0.3 is 0 Å². The summed E-state index contributed by atoms with van der Waals surface area (Å²) in [6.07, 6.45) is 0. The second-order valence-corrected chi connectivity index (χ2v) is 7.78. The van der Waals surface area contributed by atoms with E-state index >= 15 is 0 Å². The van der Waals surface area contributed by atoms with Crippen LogP contribution in [-0.4, -0.2) is 0 Å². The van der Waals surface area contributed by atoms with Crippen LogP contribution >= 0.6 is 22.7 Å². The molecule has 0 fully saturated rings. The van der Waals surface area contributed by atoms with E-state index in [9.17, 15) is 0 Å². The highest BCUT2D eigenvalue weighted by molar-refractivity contribution is 7.12. The molecule has 0 bridgehead atoms. The van der Waals surface area contributed by atoms with Gasteiger partial charge in [-0.2, -0.15) is 0 Å². The average Bonchev–Trinajstić information content (AvgIpc) is 2.96. The molecule has 2 heterocycles. The molecule has 98 valence electrons. The Morgan fingerprint density at radius 3 is 2.56 bits per heavy atom. The lowest BCUT2D eigenvalue weighted by atomic mass is 9.95. The molecule has 0 amide bonds. The van der Waals surface area contributed by atoms with E-state index in [1.165, 1.54) is 14.6 Å². The summed E-state index contributed by atoms with van der Waals surface area (Å²) in [5, 5.41) is 5.72. The van der Waals surface area contributed by atoms with Crippen molar-refractivity contribution in [2.45, 2.75) is 45.7 Å². The fourth-order valence-corrected chi connectivity index (χ4v) is 3.54. The average molecular weight is 279 g/mol. The molecule has 1 nitrogen and oxygen atoms in total. The molecule has 2 rings (SSSR count). The molecule has 3 heteroatoms. The van der Waals surface area contributed by atoms with Crippen molar-refractivity contribution in [3.8, 4) is 0 Å². The maximum Gasteiger partial charge on any atom is 0.0389 e. The molecule has 1 atom stereocenters. The molecule has 0 unspecified atom stereocenters. The molecule has 0 saturated carbocycles. The van der Waals surface area contributed by atoms with Crippen molar-refractivity contribution < 1.29 is 0 Å². The maximum atomic E-state index is 3.59. The predicted molar refractivity (Wildman–Crippen MR) is 82.6 cm³/mol. The quantitative estimate of drug-likeness (QED) is 0.834. The normalized spacial score (nSPS) is 13.8. The SMILES string of the molecule is C[C@H](NCc1ccc(C(C)(C)C)s1)c1cccs1. The molecule has 0 aliphatic heterocycles. The Kier molecular flexibility index (Phi) is 4.25. The van der Waals surface area contributed by atoms with Crippen molar-refractivity contribution >= 4 is 22.7 Å². The van der Waals surface area contributed by atoms with E-state index < -0.39 is 0 Å². The van der Waals surface area contributed by atoms with Crippen LogP contribution in [-0.2, 0) is 12.0 Å². The van der Waals surface area contributed by atoms with Crippen molar-refractivity contribution in [3.05, 3.63) is 44.3 Å². The Morgan fingerprint density at radius 2 is 2.00 bits per heavy atom. The van der Waals surface area contributed by atoms with Gasteiger partial charge in [-0.15, -0.1) is 22.7 Å². The third-order valence-corrected chi connectivity index (χ3v) is 5.52. The van der Waals surface area contributed by atoms with E-state index in [4.69, 9.17) is 0 Å². The van der Waals surface area contributed by atoms with Crippen LogP contribution in [0, 0.1) is 0 Å². The maximum absolute atomic E-state index is 3.59. The van der Waals surface area contributed by atoms with Crippen LogP contribution in [0.1, 0.15) is 48.4 Å². The summed E-state index contributed by atoms with van der Waals surface area (Å²) in [4.78, 5) is 4.29. The molecule has 1 N–H and O–H groups in total. The molecular weight excluding hydrogens is 258 g/mol. The van der Waals surface area contributed by atoms with Gasteiger partial charge in [0.1, 0.15) is 0 Å². The fourth-order valence-electron chi connectivity index (χ4n) is 1.77. The smallest absolute Gasteiger partial charge is 0.0389 e. The Labute approximate surface area is 118 Å². The topological polar surface area (TPSA) is 12.0 Å². The Hall–Kier alpha value is -0.640. The van der Waals surface area contributed by atoms with E-state index in [-0.39, 0.29) is 5.41 Å². The van der Waals surface area contributed by atoms with Gasteiger partial charge in [0.15, 0.2) is 0 Å². The molecule has 0 aliphatic rings. The van der Waals surface area contributed by atoms with Crippen LogP contribution in [0.25, 0.3) is 0 Å². The molecule has 0 saturated heterocycles. The van der Waals surface area contributed by atoms with Crippen LogP contribution in [0.2, 0.25) is 0 Å². The zero-order valence-electron chi connectivity index (χ0n) is 11.5. The van der Waals surface area contributed by atoms with E-state index in [2.05, 4.69) is 62.7 Å². The lowest BCUT2D eigenvalue weighted by Crippen LogP contribution is -2.16. The minimum absolute atomic E-state index is 0.266. The predicted octanol–water partition coefficient (Wildman–Crippen LogP) is 4.96. The first kappa shape index (κ1) is 13.8. The Bertz CT molecular complexity index is 477. The van der Waals surface area contributed by atoms with Gasteiger partial charge in [-0.25, -0.2) is 0 Å². The van der Waals surface area contributed by atoms with Gasteiger partial charge in [-0.1, -0.05) is 26.8 Å². The summed E-state index contributed by atoms with van der Waals surface area (Å²) in [6, 6.07) is 9.25. The fraction of sp³-hybridized carbons (Fsp3) is 0.467. The van der Waals surface area contributed by atoms with Gasteiger partial charge in [-0.3, -0.25) is 0 Å². The summed E-state index contributed by atoms with van der Waals surface area (Å²) in [7, 11) is 0. The molecule has 2 aromatic rings. The monoisotopic (exact) mass is 279 g/mol. The first-order valence-corrected chi connectivity index (χ1v) is 8.02. The molecule has 2 aromatic heterocycles. The van der Waals surface area contributed by atoms with E-state index in [1.807, 2.05) is 22.7 Å². The third-order valence-electron chi connectivity index (χ3n) is 2.95. The number of thiophene rings is 2. The third kappa shape index (κ3) is 3.44. The highest BCUT2D eigenvalue weighted by Gasteiger charge is 2.16. The van der Waals surface area contributed by atoms with E-state index in [0.717, 1.165) is 6.54 Å². The first-order chi connectivity index (χ1) is 8.47. The van der Waals surface area contributed by atoms with Crippen molar-refractivity contribution in [1.29, 1.82) is 0 Å². The zero-order valence-corrected chi connectivity index (χ0v) is 13.1. The highest BCUT2D eigenvalue weighted by Crippen LogP contribution is 2.29. The summed E-state index contributed by atoms with van der Waals surface area (Å²) in [5.41, 5.74) is 0.266. The minimum Gasteiger partial charge on any atom is -0.305 e. The van der Waals surface area contributed by atoms with Gasteiger partial charge in [0.25, 0.3) is 0 Å². The van der Waals surface area contributed by atoms with Crippen molar-refractivity contribution in [2.75, 3.05) is 0 Å². The molecular formula is C15H21NS2. The lowest BCUT2D eigenvalue weighted by Gasteiger charge is -2.15. The van der Waals surface area contributed by atoms with Crippen LogP contribution in [0.3, 0.4) is 0 Å².